The van der Waals surface area contributed by atoms with Crippen molar-refractivity contribution in [3.05, 3.63) is 10.1 Å². The molecule has 2 fully saturated rings. The van der Waals surface area contributed by atoms with Gasteiger partial charge in [-0.3, -0.25) is 10.1 Å². The van der Waals surface area contributed by atoms with Gasteiger partial charge in [-0.15, -0.1) is 0 Å². The molecular weight excluding hydrogens is 214 g/mol. The first-order valence-corrected chi connectivity index (χ1v) is 7.40. The van der Waals surface area contributed by atoms with Crippen molar-refractivity contribution in [3.8, 4) is 0 Å². The second-order valence-electron chi connectivity index (χ2n) is 5.96. The summed E-state index contributed by atoms with van der Waals surface area (Å²) < 4.78 is 0. The van der Waals surface area contributed by atoms with Gasteiger partial charge in [0.05, 0.1) is 0 Å². The maximum atomic E-state index is 11.6. The van der Waals surface area contributed by atoms with Crippen molar-refractivity contribution in [2.24, 2.45) is 5.92 Å². The summed E-state index contributed by atoms with van der Waals surface area (Å²) in [6.45, 7) is 0. The van der Waals surface area contributed by atoms with Gasteiger partial charge in [-0.05, 0) is 25.7 Å². The van der Waals surface area contributed by atoms with E-state index in [1.54, 1.807) is 0 Å². The Labute approximate surface area is 104 Å². The van der Waals surface area contributed by atoms with Crippen molar-refractivity contribution in [2.45, 2.75) is 82.6 Å². The van der Waals surface area contributed by atoms with Crippen molar-refractivity contribution >= 4 is 0 Å². The Morgan fingerprint density at radius 2 is 1.29 bits per heavy atom. The first kappa shape index (κ1) is 12.8. The molecule has 0 heterocycles. The first-order valence-electron chi connectivity index (χ1n) is 7.40. The molecule has 0 spiro atoms. The smallest absolute Gasteiger partial charge is 0.225 e. The van der Waals surface area contributed by atoms with Gasteiger partial charge in [-0.25, -0.2) is 0 Å². The monoisotopic (exact) mass is 239 g/mol. The van der Waals surface area contributed by atoms with Gasteiger partial charge in [0.15, 0.2) is 0 Å². The number of nitrogens with zero attached hydrogens (tertiary/aromatic N) is 1. The standard InChI is InChI=1S/C14H25NO2/c16-15(17)14(11-7-3-4-8-12-14)13-9-5-1-2-6-10-13/h13H,1-12H2. The zero-order chi connectivity index (χ0) is 12.1. The van der Waals surface area contributed by atoms with Crippen LogP contribution in [0.5, 0.6) is 0 Å². The second-order valence-corrected chi connectivity index (χ2v) is 5.96. The van der Waals surface area contributed by atoms with E-state index in [9.17, 15) is 10.1 Å². The number of hydrogen-bond donors (Lipinski definition) is 0. The molecule has 0 aromatic carbocycles. The lowest BCUT2D eigenvalue weighted by atomic mass is 9.74. The predicted octanol–water partition coefficient (Wildman–Crippen LogP) is 4.33. The highest BCUT2D eigenvalue weighted by Crippen LogP contribution is 2.42. The molecule has 0 aromatic rings. The molecule has 0 bridgehead atoms. The Morgan fingerprint density at radius 3 is 1.76 bits per heavy atom. The minimum absolute atomic E-state index is 0.105. The van der Waals surface area contributed by atoms with Gasteiger partial charge in [-0.2, -0.15) is 0 Å². The van der Waals surface area contributed by atoms with E-state index in [4.69, 9.17) is 0 Å². The lowest BCUT2D eigenvalue weighted by Crippen LogP contribution is -2.45. The fourth-order valence-corrected chi connectivity index (χ4v) is 3.90. The molecule has 0 aromatic heterocycles. The van der Waals surface area contributed by atoms with Crippen LogP contribution in [0.15, 0.2) is 0 Å². The largest absolute Gasteiger partial charge is 0.264 e. The zero-order valence-electron chi connectivity index (χ0n) is 10.8. The van der Waals surface area contributed by atoms with Crippen LogP contribution in [0.1, 0.15) is 77.0 Å². The fraction of sp³-hybridized carbons (Fsp3) is 1.00. The predicted molar refractivity (Wildman–Crippen MR) is 68.6 cm³/mol. The summed E-state index contributed by atoms with van der Waals surface area (Å²) in [6.07, 6.45) is 13.4. The molecule has 0 radical (unpaired) electrons. The Morgan fingerprint density at radius 1 is 0.824 bits per heavy atom. The molecule has 2 saturated carbocycles. The molecule has 2 aliphatic carbocycles. The lowest BCUT2D eigenvalue weighted by Gasteiger charge is -2.32. The van der Waals surface area contributed by atoms with Crippen molar-refractivity contribution in [1.82, 2.24) is 0 Å². The average molecular weight is 239 g/mol. The second kappa shape index (κ2) is 5.83. The molecule has 0 saturated heterocycles. The summed E-state index contributed by atoms with van der Waals surface area (Å²) in [5.74, 6) is 0.359. The summed E-state index contributed by atoms with van der Waals surface area (Å²) in [5.41, 5.74) is -0.555. The van der Waals surface area contributed by atoms with Crippen LogP contribution < -0.4 is 0 Å². The van der Waals surface area contributed by atoms with Crippen LogP contribution in [0.3, 0.4) is 0 Å². The van der Waals surface area contributed by atoms with Crippen LogP contribution in [0, 0.1) is 16.0 Å². The summed E-state index contributed by atoms with van der Waals surface area (Å²) in [6, 6.07) is 0. The summed E-state index contributed by atoms with van der Waals surface area (Å²) >= 11 is 0. The van der Waals surface area contributed by atoms with E-state index in [2.05, 4.69) is 0 Å². The first-order chi connectivity index (χ1) is 8.26. The van der Waals surface area contributed by atoms with Crippen LogP contribution in [0.25, 0.3) is 0 Å². The average Bonchev–Trinajstić information content (AvgIpc) is 2.72. The maximum absolute atomic E-state index is 11.6. The van der Waals surface area contributed by atoms with E-state index < -0.39 is 5.54 Å². The normalized spacial score (nSPS) is 27.1. The van der Waals surface area contributed by atoms with Crippen molar-refractivity contribution in [2.75, 3.05) is 0 Å². The van der Waals surface area contributed by atoms with Gasteiger partial charge in [0.25, 0.3) is 0 Å². The third kappa shape index (κ3) is 2.80. The van der Waals surface area contributed by atoms with E-state index >= 15 is 0 Å². The molecule has 3 nitrogen and oxygen atoms in total. The summed E-state index contributed by atoms with van der Waals surface area (Å²) in [4.78, 5) is 11.8. The Hall–Kier alpha value is -0.600. The molecule has 0 atom stereocenters. The van der Waals surface area contributed by atoms with E-state index in [0.29, 0.717) is 5.92 Å². The molecule has 3 heteroatoms. The van der Waals surface area contributed by atoms with E-state index in [1.807, 2.05) is 0 Å². The van der Waals surface area contributed by atoms with Gasteiger partial charge in [-0.1, -0.05) is 38.5 Å². The molecule has 0 aliphatic heterocycles. The Kier molecular flexibility index (Phi) is 4.41. The third-order valence-electron chi connectivity index (χ3n) is 4.95. The van der Waals surface area contributed by atoms with Crippen molar-refractivity contribution < 1.29 is 4.92 Å². The quantitative estimate of drug-likeness (QED) is 0.409. The van der Waals surface area contributed by atoms with Crippen LogP contribution in [0.4, 0.5) is 0 Å². The van der Waals surface area contributed by atoms with Gasteiger partial charge in [0, 0.05) is 23.7 Å². The zero-order valence-corrected chi connectivity index (χ0v) is 10.8. The molecule has 98 valence electrons. The van der Waals surface area contributed by atoms with Gasteiger partial charge in [0.2, 0.25) is 5.54 Å². The van der Waals surface area contributed by atoms with Gasteiger partial charge >= 0.3 is 0 Å². The molecule has 17 heavy (non-hydrogen) atoms. The highest BCUT2D eigenvalue weighted by Gasteiger charge is 2.49. The highest BCUT2D eigenvalue weighted by atomic mass is 16.6. The lowest BCUT2D eigenvalue weighted by molar-refractivity contribution is -0.584. The number of rotatable bonds is 2. The topological polar surface area (TPSA) is 43.1 Å². The number of hydrogen-bond acceptors (Lipinski definition) is 2. The minimum Gasteiger partial charge on any atom is -0.264 e. The molecule has 0 amide bonds. The molecule has 0 unspecified atom stereocenters. The van der Waals surface area contributed by atoms with Gasteiger partial charge in [0.1, 0.15) is 0 Å². The highest BCUT2D eigenvalue weighted by molar-refractivity contribution is 4.89. The van der Waals surface area contributed by atoms with Crippen LogP contribution >= 0.6 is 0 Å². The molecule has 2 rings (SSSR count). The van der Waals surface area contributed by atoms with E-state index in [0.717, 1.165) is 38.5 Å². The van der Waals surface area contributed by atoms with Gasteiger partial charge < -0.3 is 0 Å². The van der Waals surface area contributed by atoms with Crippen molar-refractivity contribution in [1.29, 1.82) is 0 Å². The summed E-state index contributed by atoms with van der Waals surface area (Å²) in [5, 5.41) is 11.6. The van der Waals surface area contributed by atoms with Crippen molar-refractivity contribution in [3.63, 3.8) is 0 Å². The SMILES string of the molecule is O=[N+]([O-])C1(C2CCCCCC2)CCCCCC1. The maximum Gasteiger partial charge on any atom is 0.225 e. The fourth-order valence-electron chi connectivity index (χ4n) is 3.90. The molecule has 0 N–H and O–H groups in total. The minimum atomic E-state index is -0.555. The van der Waals surface area contributed by atoms with Crippen LogP contribution in [-0.4, -0.2) is 10.5 Å². The molecular formula is C14H25NO2. The van der Waals surface area contributed by atoms with E-state index in [1.165, 1.54) is 38.5 Å². The van der Waals surface area contributed by atoms with E-state index in [-0.39, 0.29) is 4.92 Å². The summed E-state index contributed by atoms with van der Waals surface area (Å²) in [7, 11) is 0. The van der Waals surface area contributed by atoms with Crippen LogP contribution in [-0.2, 0) is 0 Å². The molecule has 2 aliphatic rings. The third-order valence-corrected chi connectivity index (χ3v) is 4.95. The number of nitro groups is 1. The Bertz CT molecular complexity index is 249. The Balaban J connectivity index is 2.15. The van der Waals surface area contributed by atoms with Crippen LogP contribution in [0.2, 0.25) is 0 Å².